The molecule has 2 nitrogen and oxygen atoms in total. The van der Waals surface area contributed by atoms with Crippen LogP contribution < -0.4 is 10.4 Å². The molecular formula is C21H28O2Si. The van der Waals surface area contributed by atoms with Gasteiger partial charge in [-0.25, -0.2) is 0 Å². The standard InChI is InChI=1S/C21H28O2Si/c1-20(2,3)24(18-12-8-6-9-13-18,19-14-10-7-11-15-19)23-17-21(4,5)16-22/h6-16H,17H2,1-5H3. The lowest BCUT2D eigenvalue weighted by atomic mass is 9.98. The number of hydrogen-bond donors (Lipinski definition) is 0. The van der Waals surface area contributed by atoms with E-state index in [0.29, 0.717) is 6.61 Å². The number of hydrogen-bond acceptors (Lipinski definition) is 2. The van der Waals surface area contributed by atoms with E-state index in [1.807, 2.05) is 26.0 Å². The van der Waals surface area contributed by atoms with Gasteiger partial charge in [0.05, 0.1) is 0 Å². The Morgan fingerprint density at radius 2 is 1.25 bits per heavy atom. The van der Waals surface area contributed by atoms with Crippen molar-refractivity contribution >= 4 is 25.0 Å². The van der Waals surface area contributed by atoms with Gasteiger partial charge in [0.15, 0.2) is 0 Å². The average molecular weight is 341 g/mol. The summed E-state index contributed by atoms with van der Waals surface area (Å²) in [4.78, 5) is 11.4. The molecule has 0 aromatic heterocycles. The van der Waals surface area contributed by atoms with Crippen molar-refractivity contribution in [1.82, 2.24) is 0 Å². The molecule has 0 bridgehead atoms. The van der Waals surface area contributed by atoms with Crippen molar-refractivity contribution in [1.29, 1.82) is 0 Å². The largest absolute Gasteiger partial charge is 0.406 e. The van der Waals surface area contributed by atoms with E-state index in [1.54, 1.807) is 0 Å². The first kappa shape index (κ1) is 18.6. The lowest BCUT2D eigenvalue weighted by molar-refractivity contribution is -0.116. The Balaban J connectivity index is 2.64. The van der Waals surface area contributed by atoms with Crippen molar-refractivity contribution in [3.8, 4) is 0 Å². The highest BCUT2D eigenvalue weighted by Gasteiger charge is 2.50. The third-order valence-corrected chi connectivity index (χ3v) is 9.38. The van der Waals surface area contributed by atoms with Gasteiger partial charge in [-0.05, 0) is 15.4 Å². The molecule has 0 aliphatic rings. The van der Waals surface area contributed by atoms with Crippen LogP contribution >= 0.6 is 0 Å². The first-order valence-corrected chi connectivity index (χ1v) is 10.4. The lowest BCUT2D eigenvalue weighted by Gasteiger charge is -2.44. The number of aldehydes is 1. The van der Waals surface area contributed by atoms with E-state index in [-0.39, 0.29) is 5.04 Å². The highest BCUT2D eigenvalue weighted by molar-refractivity contribution is 6.99. The highest BCUT2D eigenvalue weighted by Crippen LogP contribution is 2.37. The van der Waals surface area contributed by atoms with Crippen molar-refractivity contribution in [2.24, 2.45) is 5.41 Å². The second-order valence-electron chi connectivity index (χ2n) is 8.06. The van der Waals surface area contributed by atoms with Gasteiger partial charge >= 0.3 is 0 Å². The molecular weight excluding hydrogens is 312 g/mol. The maximum Gasteiger partial charge on any atom is 0.261 e. The van der Waals surface area contributed by atoms with E-state index < -0.39 is 13.7 Å². The summed E-state index contributed by atoms with van der Waals surface area (Å²) in [6.07, 6.45) is 0.991. The first-order chi connectivity index (χ1) is 11.2. The molecule has 0 N–H and O–H groups in total. The molecule has 0 aliphatic carbocycles. The summed E-state index contributed by atoms with van der Waals surface area (Å²) in [5, 5.41) is 2.42. The highest BCUT2D eigenvalue weighted by atomic mass is 28.4. The summed E-state index contributed by atoms with van der Waals surface area (Å²) in [5.41, 5.74) is -0.493. The zero-order chi connectivity index (χ0) is 17.8. The third-order valence-electron chi connectivity index (χ3n) is 4.40. The third kappa shape index (κ3) is 3.68. The molecule has 2 aromatic carbocycles. The Kier molecular flexibility index (Phi) is 5.46. The second kappa shape index (κ2) is 7.04. The quantitative estimate of drug-likeness (QED) is 0.591. The molecule has 0 heterocycles. The molecule has 0 radical (unpaired) electrons. The van der Waals surface area contributed by atoms with Gasteiger partial charge in [-0.1, -0.05) is 95.3 Å². The van der Waals surface area contributed by atoms with E-state index in [1.165, 1.54) is 10.4 Å². The minimum Gasteiger partial charge on any atom is -0.406 e. The van der Waals surface area contributed by atoms with Gasteiger partial charge < -0.3 is 9.22 Å². The summed E-state index contributed by atoms with van der Waals surface area (Å²) < 4.78 is 6.73. The summed E-state index contributed by atoms with van der Waals surface area (Å²) in [5.74, 6) is 0. The number of carbonyl (C=O) groups is 1. The molecule has 2 aromatic rings. The number of rotatable bonds is 6. The Labute approximate surface area is 147 Å². The smallest absolute Gasteiger partial charge is 0.261 e. The van der Waals surface area contributed by atoms with E-state index in [9.17, 15) is 4.79 Å². The number of carbonyl (C=O) groups excluding carboxylic acids is 1. The Morgan fingerprint density at radius 3 is 1.58 bits per heavy atom. The zero-order valence-corrected chi connectivity index (χ0v) is 16.4. The van der Waals surface area contributed by atoms with E-state index >= 15 is 0 Å². The molecule has 2 rings (SSSR count). The monoisotopic (exact) mass is 340 g/mol. The van der Waals surface area contributed by atoms with Crippen LogP contribution in [0.15, 0.2) is 60.7 Å². The van der Waals surface area contributed by atoms with Crippen molar-refractivity contribution in [3.05, 3.63) is 60.7 Å². The topological polar surface area (TPSA) is 26.3 Å². The fourth-order valence-electron chi connectivity index (χ4n) is 3.09. The normalized spacial score (nSPS) is 12.9. The molecule has 0 saturated carbocycles. The maximum atomic E-state index is 11.4. The van der Waals surface area contributed by atoms with Gasteiger partial charge in [-0.15, -0.1) is 0 Å². The predicted molar refractivity (Wildman–Crippen MR) is 103 cm³/mol. The van der Waals surface area contributed by atoms with Crippen LogP contribution in [-0.4, -0.2) is 21.2 Å². The molecule has 0 unspecified atom stereocenters. The predicted octanol–water partition coefficient (Wildman–Crippen LogP) is 3.79. The fourth-order valence-corrected chi connectivity index (χ4v) is 7.83. The minimum absolute atomic E-state index is 0.0608. The van der Waals surface area contributed by atoms with Crippen LogP contribution in [0.2, 0.25) is 5.04 Å². The Morgan fingerprint density at radius 1 is 0.833 bits per heavy atom. The summed E-state index contributed by atoms with van der Waals surface area (Å²) in [6, 6.07) is 21.0. The van der Waals surface area contributed by atoms with Crippen LogP contribution in [0, 0.1) is 5.41 Å². The molecule has 0 amide bonds. The Hall–Kier alpha value is -1.71. The second-order valence-corrected chi connectivity index (χ2v) is 12.4. The maximum absolute atomic E-state index is 11.4. The molecule has 0 atom stereocenters. The van der Waals surface area contributed by atoms with Gasteiger partial charge in [0.25, 0.3) is 8.32 Å². The lowest BCUT2D eigenvalue weighted by Crippen LogP contribution is -2.67. The van der Waals surface area contributed by atoms with Crippen molar-refractivity contribution in [2.45, 2.75) is 39.7 Å². The van der Waals surface area contributed by atoms with Crippen LogP contribution in [0.4, 0.5) is 0 Å². The van der Waals surface area contributed by atoms with Gasteiger partial charge in [0, 0.05) is 12.0 Å². The van der Waals surface area contributed by atoms with Crippen LogP contribution in [0.1, 0.15) is 34.6 Å². The van der Waals surface area contributed by atoms with Gasteiger partial charge in [-0.3, -0.25) is 0 Å². The van der Waals surface area contributed by atoms with Crippen molar-refractivity contribution < 1.29 is 9.22 Å². The van der Waals surface area contributed by atoms with Crippen LogP contribution in [0.5, 0.6) is 0 Å². The van der Waals surface area contributed by atoms with Crippen LogP contribution in [-0.2, 0) is 9.22 Å². The Bertz CT molecular complexity index is 618. The van der Waals surface area contributed by atoms with Crippen molar-refractivity contribution in [3.63, 3.8) is 0 Å². The van der Waals surface area contributed by atoms with E-state index in [4.69, 9.17) is 4.43 Å². The van der Waals surface area contributed by atoms with Gasteiger partial charge in [-0.2, -0.15) is 0 Å². The molecule has 3 heteroatoms. The summed E-state index contributed by atoms with van der Waals surface area (Å²) >= 11 is 0. The summed E-state index contributed by atoms with van der Waals surface area (Å²) in [7, 11) is -2.53. The fraction of sp³-hybridized carbons (Fsp3) is 0.381. The summed E-state index contributed by atoms with van der Waals surface area (Å²) in [6.45, 7) is 11.0. The SMILES string of the molecule is CC(C)(C=O)CO[Si](c1ccccc1)(c1ccccc1)C(C)(C)C. The van der Waals surface area contributed by atoms with Crippen LogP contribution in [0.3, 0.4) is 0 Å². The molecule has 128 valence electrons. The molecule has 0 saturated heterocycles. The number of benzene rings is 2. The van der Waals surface area contributed by atoms with E-state index in [0.717, 1.165) is 6.29 Å². The molecule has 0 aliphatic heterocycles. The molecule has 0 fully saturated rings. The van der Waals surface area contributed by atoms with Gasteiger partial charge in [0.2, 0.25) is 0 Å². The molecule has 24 heavy (non-hydrogen) atoms. The minimum atomic E-state index is -2.53. The van der Waals surface area contributed by atoms with Crippen molar-refractivity contribution in [2.75, 3.05) is 6.61 Å². The van der Waals surface area contributed by atoms with Crippen LogP contribution in [0.25, 0.3) is 0 Å². The average Bonchev–Trinajstić information content (AvgIpc) is 2.56. The van der Waals surface area contributed by atoms with Gasteiger partial charge in [0.1, 0.15) is 6.29 Å². The first-order valence-electron chi connectivity index (χ1n) is 8.44. The van der Waals surface area contributed by atoms with E-state index in [2.05, 4.69) is 69.3 Å². The molecule has 0 spiro atoms. The zero-order valence-electron chi connectivity index (χ0n) is 15.4.